The molecule has 0 aliphatic carbocycles. The monoisotopic (exact) mass is 186 g/mol. The molecule has 0 aromatic heterocycles. The smallest absolute Gasteiger partial charge is 0.311 e. The molecule has 1 aliphatic rings. The second-order valence-corrected chi connectivity index (χ2v) is 3.42. The van der Waals surface area contributed by atoms with Crippen molar-refractivity contribution in [3.63, 3.8) is 0 Å². The van der Waals surface area contributed by atoms with Crippen LogP contribution >= 0.6 is 0 Å². The fraction of sp³-hybridized carbons (Fsp3) is 0.778. The SMILES string of the molecule is CCC[C@@H]1OC(=O)[C@@H](C)[C@@H]1C(=O)O. The summed E-state index contributed by atoms with van der Waals surface area (Å²) in [6.45, 7) is 3.55. The summed E-state index contributed by atoms with van der Waals surface area (Å²) in [5, 5.41) is 8.87. The zero-order valence-corrected chi connectivity index (χ0v) is 7.82. The Balaban J connectivity index is 2.74. The van der Waals surface area contributed by atoms with Crippen LogP contribution in [0.4, 0.5) is 0 Å². The maximum atomic E-state index is 11.1. The summed E-state index contributed by atoms with van der Waals surface area (Å²) in [6, 6.07) is 0. The first-order chi connectivity index (χ1) is 6.07. The standard InChI is InChI=1S/C9H14O4/c1-3-4-6-7(8(10)11)5(2)9(12)13-6/h5-7H,3-4H2,1-2H3,(H,10,11)/t5-,6-,7-/m0/s1. The number of carbonyl (C=O) groups is 2. The predicted molar refractivity (Wildman–Crippen MR) is 45.1 cm³/mol. The van der Waals surface area contributed by atoms with Gasteiger partial charge in [0.1, 0.15) is 12.0 Å². The zero-order chi connectivity index (χ0) is 10.0. The Morgan fingerprint density at radius 1 is 1.62 bits per heavy atom. The molecular formula is C9H14O4. The van der Waals surface area contributed by atoms with E-state index in [9.17, 15) is 9.59 Å². The fourth-order valence-corrected chi connectivity index (χ4v) is 1.69. The van der Waals surface area contributed by atoms with Crippen LogP contribution in [-0.2, 0) is 14.3 Å². The molecule has 1 aliphatic heterocycles. The van der Waals surface area contributed by atoms with Gasteiger partial charge in [-0.3, -0.25) is 9.59 Å². The second kappa shape index (κ2) is 3.77. The summed E-state index contributed by atoms with van der Waals surface area (Å²) in [4.78, 5) is 21.9. The third-order valence-electron chi connectivity index (χ3n) is 2.44. The molecule has 0 aromatic rings. The van der Waals surface area contributed by atoms with Gasteiger partial charge in [-0.15, -0.1) is 0 Å². The highest BCUT2D eigenvalue weighted by atomic mass is 16.6. The Morgan fingerprint density at radius 2 is 2.23 bits per heavy atom. The summed E-state index contributed by atoms with van der Waals surface area (Å²) in [6.07, 6.45) is 1.03. The second-order valence-electron chi connectivity index (χ2n) is 3.42. The van der Waals surface area contributed by atoms with Gasteiger partial charge in [0.25, 0.3) is 0 Å². The summed E-state index contributed by atoms with van der Waals surface area (Å²) in [7, 11) is 0. The van der Waals surface area contributed by atoms with Crippen molar-refractivity contribution in [2.24, 2.45) is 11.8 Å². The van der Waals surface area contributed by atoms with E-state index in [4.69, 9.17) is 9.84 Å². The Bertz CT molecular complexity index is 224. The van der Waals surface area contributed by atoms with Crippen molar-refractivity contribution in [3.8, 4) is 0 Å². The number of hydrogen-bond donors (Lipinski definition) is 1. The van der Waals surface area contributed by atoms with Crippen LogP contribution in [-0.4, -0.2) is 23.1 Å². The Hall–Kier alpha value is -1.06. The van der Waals surface area contributed by atoms with Crippen LogP contribution in [0.2, 0.25) is 0 Å². The van der Waals surface area contributed by atoms with Crippen LogP contribution in [0, 0.1) is 11.8 Å². The van der Waals surface area contributed by atoms with Gasteiger partial charge in [-0.2, -0.15) is 0 Å². The molecule has 0 saturated carbocycles. The number of hydrogen-bond acceptors (Lipinski definition) is 3. The first-order valence-corrected chi connectivity index (χ1v) is 4.51. The predicted octanol–water partition coefficient (Wildman–Crippen LogP) is 1.05. The molecule has 0 amide bonds. The van der Waals surface area contributed by atoms with E-state index in [-0.39, 0.29) is 5.97 Å². The van der Waals surface area contributed by atoms with Crippen LogP contribution in [0.1, 0.15) is 26.7 Å². The van der Waals surface area contributed by atoms with Crippen LogP contribution in [0.5, 0.6) is 0 Å². The number of cyclic esters (lactones) is 1. The van der Waals surface area contributed by atoms with E-state index in [1.807, 2.05) is 6.92 Å². The van der Waals surface area contributed by atoms with Crippen LogP contribution < -0.4 is 0 Å². The van der Waals surface area contributed by atoms with Gasteiger partial charge in [0.05, 0.1) is 5.92 Å². The largest absolute Gasteiger partial charge is 0.481 e. The topological polar surface area (TPSA) is 63.6 Å². The quantitative estimate of drug-likeness (QED) is 0.669. The number of carbonyl (C=O) groups excluding carboxylic acids is 1. The summed E-state index contributed by atoms with van der Waals surface area (Å²) >= 11 is 0. The van der Waals surface area contributed by atoms with Crippen molar-refractivity contribution in [1.29, 1.82) is 0 Å². The van der Waals surface area contributed by atoms with Gasteiger partial charge in [-0.05, 0) is 6.42 Å². The first kappa shape index (κ1) is 10.0. The van der Waals surface area contributed by atoms with E-state index in [0.29, 0.717) is 6.42 Å². The minimum atomic E-state index is -0.934. The maximum Gasteiger partial charge on any atom is 0.311 e. The van der Waals surface area contributed by atoms with Crippen LogP contribution in [0.15, 0.2) is 0 Å². The van der Waals surface area contributed by atoms with Gasteiger partial charge < -0.3 is 9.84 Å². The molecule has 4 nitrogen and oxygen atoms in total. The van der Waals surface area contributed by atoms with Crippen LogP contribution in [0.3, 0.4) is 0 Å². The normalized spacial score (nSPS) is 33.1. The molecule has 1 fully saturated rings. The van der Waals surface area contributed by atoms with Gasteiger partial charge in [-0.1, -0.05) is 20.3 Å². The zero-order valence-electron chi connectivity index (χ0n) is 7.82. The number of ether oxygens (including phenoxy) is 1. The van der Waals surface area contributed by atoms with Crippen LogP contribution in [0.25, 0.3) is 0 Å². The van der Waals surface area contributed by atoms with Crippen molar-refractivity contribution in [2.45, 2.75) is 32.8 Å². The number of esters is 1. The molecule has 74 valence electrons. The molecule has 3 atom stereocenters. The minimum Gasteiger partial charge on any atom is -0.481 e. The van der Waals surface area contributed by atoms with Gasteiger partial charge in [0, 0.05) is 0 Å². The highest BCUT2D eigenvalue weighted by Crippen LogP contribution is 2.30. The van der Waals surface area contributed by atoms with Gasteiger partial charge in [-0.25, -0.2) is 0 Å². The molecule has 0 bridgehead atoms. The van der Waals surface area contributed by atoms with Crippen molar-refractivity contribution in [3.05, 3.63) is 0 Å². The van der Waals surface area contributed by atoms with E-state index in [1.165, 1.54) is 0 Å². The minimum absolute atomic E-state index is 0.383. The van der Waals surface area contributed by atoms with E-state index in [2.05, 4.69) is 0 Å². The lowest BCUT2D eigenvalue weighted by Gasteiger charge is -2.13. The van der Waals surface area contributed by atoms with E-state index < -0.39 is 23.9 Å². The molecular weight excluding hydrogens is 172 g/mol. The van der Waals surface area contributed by atoms with E-state index >= 15 is 0 Å². The van der Waals surface area contributed by atoms with Crippen molar-refractivity contribution in [1.82, 2.24) is 0 Å². The highest BCUT2D eigenvalue weighted by Gasteiger charge is 2.45. The molecule has 0 aromatic carbocycles. The van der Waals surface area contributed by atoms with Gasteiger partial charge in [0.2, 0.25) is 0 Å². The molecule has 1 heterocycles. The highest BCUT2D eigenvalue weighted by molar-refractivity contribution is 5.84. The van der Waals surface area contributed by atoms with E-state index in [0.717, 1.165) is 6.42 Å². The first-order valence-electron chi connectivity index (χ1n) is 4.51. The number of rotatable bonds is 3. The Morgan fingerprint density at radius 3 is 2.69 bits per heavy atom. The number of carboxylic acid groups (broad SMARTS) is 1. The average Bonchev–Trinajstić information content (AvgIpc) is 2.28. The molecule has 0 unspecified atom stereocenters. The van der Waals surface area contributed by atoms with Crippen molar-refractivity contribution >= 4 is 11.9 Å². The lowest BCUT2D eigenvalue weighted by molar-refractivity contribution is -0.144. The van der Waals surface area contributed by atoms with Gasteiger partial charge in [0.15, 0.2) is 0 Å². The lowest BCUT2D eigenvalue weighted by atomic mass is 9.90. The maximum absolute atomic E-state index is 11.1. The summed E-state index contributed by atoms with van der Waals surface area (Å²) in [5.41, 5.74) is 0. The lowest BCUT2D eigenvalue weighted by Crippen LogP contribution is -2.27. The number of carboxylic acids is 1. The Labute approximate surface area is 76.9 Å². The molecule has 13 heavy (non-hydrogen) atoms. The Kier molecular flexibility index (Phi) is 2.90. The molecule has 1 saturated heterocycles. The third-order valence-corrected chi connectivity index (χ3v) is 2.44. The summed E-state index contributed by atoms with van der Waals surface area (Å²) < 4.78 is 4.97. The molecule has 0 radical (unpaired) electrons. The molecule has 1 rings (SSSR count). The van der Waals surface area contributed by atoms with E-state index in [1.54, 1.807) is 6.92 Å². The van der Waals surface area contributed by atoms with Crippen molar-refractivity contribution in [2.75, 3.05) is 0 Å². The average molecular weight is 186 g/mol. The molecule has 4 heteroatoms. The van der Waals surface area contributed by atoms with Gasteiger partial charge >= 0.3 is 11.9 Å². The summed E-state index contributed by atoms with van der Waals surface area (Å²) in [5.74, 6) is -2.48. The molecule has 0 spiro atoms. The number of aliphatic carboxylic acids is 1. The third kappa shape index (κ3) is 1.82. The molecule has 1 N–H and O–H groups in total. The fourth-order valence-electron chi connectivity index (χ4n) is 1.69. The van der Waals surface area contributed by atoms with Crippen molar-refractivity contribution < 1.29 is 19.4 Å².